The number of hydrogen-bond donors (Lipinski definition) is 2. The molecule has 0 aliphatic heterocycles. The molecule has 22 heavy (non-hydrogen) atoms. The fourth-order valence-corrected chi connectivity index (χ4v) is 2.42. The molecule has 2 amide bonds. The average molecular weight is 319 g/mol. The number of carbonyl (C=O) groups is 2. The fourth-order valence-electron chi connectivity index (χ4n) is 1.71. The van der Waals surface area contributed by atoms with Gasteiger partial charge in [0.05, 0.1) is 12.1 Å². The number of aryl methyl sites for hydroxylation is 1. The maximum absolute atomic E-state index is 12.1. The van der Waals surface area contributed by atoms with E-state index in [1.54, 1.807) is 12.3 Å². The van der Waals surface area contributed by atoms with E-state index in [-0.39, 0.29) is 12.3 Å². The minimum Gasteiger partial charge on any atom is -0.481 e. The molecule has 0 fully saturated rings. The first kappa shape index (κ1) is 16.0. The van der Waals surface area contributed by atoms with E-state index >= 15 is 0 Å². The van der Waals surface area contributed by atoms with Crippen LogP contribution in [-0.4, -0.2) is 22.9 Å². The summed E-state index contributed by atoms with van der Waals surface area (Å²) in [5.41, 5.74) is 6.76. The number of carbonyl (C=O) groups excluding carboxylic acids is 2. The Morgan fingerprint density at radius 1 is 1.36 bits per heavy atom. The van der Waals surface area contributed by atoms with Gasteiger partial charge in [-0.3, -0.25) is 14.9 Å². The van der Waals surface area contributed by atoms with E-state index in [9.17, 15) is 9.59 Å². The van der Waals surface area contributed by atoms with E-state index in [4.69, 9.17) is 10.5 Å². The largest absolute Gasteiger partial charge is 0.481 e. The molecule has 3 N–H and O–H groups in total. The molecule has 7 heteroatoms. The predicted molar refractivity (Wildman–Crippen MR) is 84.9 cm³/mol. The third-order valence-corrected chi connectivity index (χ3v) is 3.65. The van der Waals surface area contributed by atoms with Crippen LogP contribution in [0.2, 0.25) is 0 Å². The third-order valence-electron chi connectivity index (χ3n) is 2.84. The van der Waals surface area contributed by atoms with Crippen molar-refractivity contribution in [3.63, 3.8) is 0 Å². The van der Waals surface area contributed by atoms with E-state index in [0.29, 0.717) is 16.6 Å². The second-order valence-electron chi connectivity index (χ2n) is 4.85. The Kier molecular flexibility index (Phi) is 5.11. The van der Waals surface area contributed by atoms with Crippen molar-refractivity contribution in [2.75, 3.05) is 5.32 Å². The Morgan fingerprint density at radius 3 is 2.68 bits per heavy atom. The molecule has 0 spiro atoms. The van der Waals surface area contributed by atoms with Crippen LogP contribution in [0.5, 0.6) is 5.75 Å². The second-order valence-corrected chi connectivity index (χ2v) is 5.71. The molecule has 0 radical (unpaired) electrons. The van der Waals surface area contributed by atoms with Gasteiger partial charge in [-0.25, -0.2) is 4.98 Å². The van der Waals surface area contributed by atoms with Gasteiger partial charge >= 0.3 is 0 Å². The highest BCUT2D eigenvalue weighted by molar-refractivity contribution is 7.13. The molecule has 1 aromatic carbocycles. The summed E-state index contributed by atoms with van der Waals surface area (Å²) in [6.45, 7) is 3.64. The number of benzene rings is 1. The third kappa shape index (κ3) is 4.56. The summed E-state index contributed by atoms with van der Waals surface area (Å²) in [4.78, 5) is 27.0. The number of rotatable bonds is 6. The molecule has 0 saturated carbocycles. The van der Waals surface area contributed by atoms with Crippen molar-refractivity contribution in [2.24, 2.45) is 5.73 Å². The average Bonchev–Trinajstić information content (AvgIpc) is 2.87. The first-order valence-electron chi connectivity index (χ1n) is 6.71. The number of nitrogens with two attached hydrogens (primary N) is 1. The molecule has 0 bridgehead atoms. The molecule has 6 nitrogen and oxygen atoms in total. The van der Waals surface area contributed by atoms with E-state index in [1.807, 2.05) is 31.2 Å². The molecule has 2 aromatic rings. The van der Waals surface area contributed by atoms with Crippen LogP contribution in [0.4, 0.5) is 5.13 Å². The zero-order valence-electron chi connectivity index (χ0n) is 12.3. The number of nitrogens with one attached hydrogen (secondary N) is 1. The monoisotopic (exact) mass is 319 g/mol. The van der Waals surface area contributed by atoms with Crippen LogP contribution in [0.3, 0.4) is 0 Å². The summed E-state index contributed by atoms with van der Waals surface area (Å²) >= 11 is 1.24. The quantitative estimate of drug-likeness (QED) is 0.850. The van der Waals surface area contributed by atoms with Gasteiger partial charge in [0.25, 0.3) is 5.91 Å². The smallest absolute Gasteiger partial charge is 0.266 e. The molecule has 1 atom stereocenters. The Hall–Kier alpha value is -2.41. The van der Waals surface area contributed by atoms with Crippen LogP contribution in [0, 0.1) is 6.92 Å². The van der Waals surface area contributed by atoms with Crippen LogP contribution < -0.4 is 15.8 Å². The summed E-state index contributed by atoms with van der Waals surface area (Å²) in [6.07, 6.45) is -0.604. The lowest BCUT2D eigenvalue weighted by atomic mass is 10.2. The fraction of sp³-hybridized carbons (Fsp3) is 0.267. The Labute approximate surface area is 132 Å². The Morgan fingerprint density at radius 2 is 2.05 bits per heavy atom. The van der Waals surface area contributed by atoms with Gasteiger partial charge in [0.15, 0.2) is 11.2 Å². The van der Waals surface area contributed by atoms with Gasteiger partial charge < -0.3 is 10.5 Å². The SMILES string of the molecule is Cc1ccc(OC(C)C(=O)Nc2nc(CC(N)=O)cs2)cc1. The maximum atomic E-state index is 12.1. The summed E-state index contributed by atoms with van der Waals surface area (Å²) in [5.74, 6) is -0.137. The Bertz CT molecular complexity index is 667. The molecule has 116 valence electrons. The van der Waals surface area contributed by atoms with Gasteiger partial charge in [0.1, 0.15) is 5.75 Å². The van der Waals surface area contributed by atoms with Crippen molar-refractivity contribution in [2.45, 2.75) is 26.4 Å². The first-order valence-corrected chi connectivity index (χ1v) is 7.59. The summed E-state index contributed by atoms with van der Waals surface area (Å²) in [6, 6.07) is 7.45. The van der Waals surface area contributed by atoms with Gasteiger partial charge in [-0.15, -0.1) is 11.3 Å². The number of primary amides is 1. The van der Waals surface area contributed by atoms with E-state index in [0.717, 1.165) is 5.56 Å². The van der Waals surface area contributed by atoms with E-state index in [2.05, 4.69) is 10.3 Å². The lowest BCUT2D eigenvalue weighted by Crippen LogP contribution is -2.30. The second kappa shape index (κ2) is 7.04. The predicted octanol–water partition coefficient (Wildman–Crippen LogP) is 1.89. The van der Waals surface area contributed by atoms with Crippen molar-refractivity contribution in [3.8, 4) is 5.75 Å². The molecule has 2 rings (SSSR count). The number of amides is 2. The van der Waals surface area contributed by atoms with Gasteiger partial charge in [-0.2, -0.15) is 0 Å². The van der Waals surface area contributed by atoms with Crippen molar-refractivity contribution in [3.05, 3.63) is 40.9 Å². The zero-order valence-corrected chi connectivity index (χ0v) is 13.1. The van der Waals surface area contributed by atoms with Gasteiger partial charge in [0, 0.05) is 5.38 Å². The molecule has 1 unspecified atom stereocenters. The van der Waals surface area contributed by atoms with E-state index < -0.39 is 12.0 Å². The number of ether oxygens (including phenoxy) is 1. The Balaban J connectivity index is 1.92. The molecule has 0 aliphatic carbocycles. The van der Waals surface area contributed by atoms with Gasteiger partial charge in [-0.05, 0) is 26.0 Å². The van der Waals surface area contributed by atoms with Crippen LogP contribution in [0.25, 0.3) is 0 Å². The van der Waals surface area contributed by atoms with Crippen molar-refractivity contribution < 1.29 is 14.3 Å². The maximum Gasteiger partial charge on any atom is 0.266 e. The minimum atomic E-state index is -0.661. The number of hydrogen-bond acceptors (Lipinski definition) is 5. The molecule has 1 aromatic heterocycles. The standard InChI is InChI=1S/C15H17N3O3S/c1-9-3-5-12(6-4-9)21-10(2)14(20)18-15-17-11(8-22-15)7-13(16)19/h3-6,8,10H,7H2,1-2H3,(H2,16,19)(H,17,18,20). The number of thiazole rings is 1. The highest BCUT2D eigenvalue weighted by Crippen LogP contribution is 2.17. The normalized spacial score (nSPS) is 11.7. The highest BCUT2D eigenvalue weighted by atomic mass is 32.1. The number of aromatic nitrogens is 1. The molecular formula is C15H17N3O3S. The molecular weight excluding hydrogens is 302 g/mol. The van der Waals surface area contributed by atoms with Crippen LogP contribution >= 0.6 is 11.3 Å². The summed E-state index contributed by atoms with van der Waals surface area (Å²) in [7, 11) is 0. The zero-order chi connectivity index (χ0) is 16.1. The van der Waals surface area contributed by atoms with E-state index in [1.165, 1.54) is 11.3 Å². The molecule has 0 saturated heterocycles. The lowest BCUT2D eigenvalue weighted by Gasteiger charge is -2.13. The minimum absolute atomic E-state index is 0.0573. The van der Waals surface area contributed by atoms with Crippen LogP contribution in [0.1, 0.15) is 18.2 Å². The topological polar surface area (TPSA) is 94.3 Å². The number of anilines is 1. The van der Waals surface area contributed by atoms with Crippen LogP contribution in [0.15, 0.2) is 29.6 Å². The summed E-state index contributed by atoms with van der Waals surface area (Å²) < 4.78 is 5.57. The van der Waals surface area contributed by atoms with Gasteiger partial charge in [0.2, 0.25) is 5.91 Å². The van der Waals surface area contributed by atoms with Crippen molar-refractivity contribution >= 4 is 28.3 Å². The van der Waals surface area contributed by atoms with Crippen molar-refractivity contribution in [1.82, 2.24) is 4.98 Å². The van der Waals surface area contributed by atoms with Gasteiger partial charge in [-0.1, -0.05) is 17.7 Å². The number of nitrogens with zero attached hydrogens (tertiary/aromatic N) is 1. The highest BCUT2D eigenvalue weighted by Gasteiger charge is 2.16. The summed E-state index contributed by atoms with van der Waals surface area (Å²) in [5, 5.41) is 4.76. The first-order chi connectivity index (χ1) is 10.4. The van der Waals surface area contributed by atoms with Crippen molar-refractivity contribution in [1.29, 1.82) is 0 Å². The molecule has 1 heterocycles. The lowest BCUT2D eigenvalue weighted by molar-refractivity contribution is -0.122. The molecule has 0 aliphatic rings. The van der Waals surface area contributed by atoms with Crippen LogP contribution in [-0.2, 0) is 16.0 Å².